The van der Waals surface area contributed by atoms with Gasteiger partial charge in [0.2, 0.25) is 5.89 Å². The Morgan fingerprint density at radius 1 is 1.21 bits per heavy atom. The average molecular weight is 406 g/mol. The maximum atomic E-state index is 11.5. The third-order valence-corrected chi connectivity index (χ3v) is 6.08. The van der Waals surface area contributed by atoms with Gasteiger partial charge in [0, 0.05) is 38.3 Å². The molecule has 0 atom stereocenters. The zero-order valence-corrected chi connectivity index (χ0v) is 16.9. The van der Waals surface area contributed by atoms with Crippen LogP contribution in [0.1, 0.15) is 12.6 Å². The summed E-state index contributed by atoms with van der Waals surface area (Å²) >= 11 is 0. The van der Waals surface area contributed by atoms with Gasteiger partial charge < -0.3 is 15.1 Å². The summed E-state index contributed by atoms with van der Waals surface area (Å²) in [6.07, 6.45) is 1.63. The number of hydrogen-bond acceptors (Lipinski definition) is 6. The van der Waals surface area contributed by atoms with Crippen molar-refractivity contribution in [3.05, 3.63) is 42.3 Å². The number of nitrogens with one attached hydrogen (secondary N) is 2. The lowest BCUT2D eigenvalue weighted by Crippen LogP contribution is -2.45. The zero-order chi connectivity index (χ0) is 19.8. The first-order chi connectivity index (χ1) is 13.6. The van der Waals surface area contributed by atoms with Gasteiger partial charge in [-0.05, 0) is 19.1 Å². The second-order valence-corrected chi connectivity index (χ2v) is 8.93. The molecular formula is C19H27N5O3S. The van der Waals surface area contributed by atoms with E-state index >= 15 is 0 Å². The van der Waals surface area contributed by atoms with E-state index in [-0.39, 0.29) is 11.5 Å². The van der Waals surface area contributed by atoms with E-state index in [0.29, 0.717) is 38.0 Å². The SMILES string of the molecule is CCNC(=NCc1coc(-c2ccccc2)n1)NCCN1CCS(=O)(=O)CC1. The molecule has 0 spiro atoms. The van der Waals surface area contributed by atoms with Gasteiger partial charge in [-0.3, -0.25) is 4.90 Å². The molecule has 0 radical (unpaired) electrons. The fraction of sp³-hybridized carbons (Fsp3) is 0.474. The summed E-state index contributed by atoms with van der Waals surface area (Å²) in [5.74, 6) is 1.79. The highest BCUT2D eigenvalue weighted by Gasteiger charge is 2.20. The first-order valence-electron chi connectivity index (χ1n) is 9.50. The van der Waals surface area contributed by atoms with Crippen LogP contribution in [-0.4, -0.2) is 68.5 Å². The van der Waals surface area contributed by atoms with Gasteiger partial charge in [0.15, 0.2) is 15.8 Å². The summed E-state index contributed by atoms with van der Waals surface area (Å²) in [7, 11) is -2.84. The van der Waals surface area contributed by atoms with Crippen molar-refractivity contribution in [3.63, 3.8) is 0 Å². The van der Waals surface area contributed by atoms with Crippen molar-refractivity contribution in [1.82, 2.24) is 20.5 Å². The van der Waals surface area contributed by atoms with E-state index in [2.05, 4.69) is 25.5 Å². The monoisotopic (exact) mass is 405 g/mol. The second kappa shape index (κ2) is 9.70. The predicted molar refractivity (Wildman–Crippen MR) is 110 cm³/mol. The minimum absolute atomic E-state index is 0.247. The van der Waals surface area contributed by atoms with E-state index in [9.17, 15) is 8.42 Å². The topological polar surface area (TPSA) is 99.8 Å². The van der Waals surface area contributed by atoms with Crippen LogP contribution in [0.2, 0.25) is 0 Å². The number of nitrogens with zero attached hydrogens (tertiary/aromatic N) is 3. The molecule has 0 saturated carbocycles. The largest absolute Gasteiger partial charge is 0.444 e. The summed E-state index contributed by atoms with van der Waals surface area (Å²) in [5.41, 5.74) is 1.70. The van der Waals surface area contributed by atoms with E-state index in [1.807, 2.05) is 37.3 Å². The van der Waals surface area contributed by atoms with Gasteiger partial charge in [-0.2, -0.15) is 0 Å². The van der Waals surface area contributed by atoms with E-state index in [1.54, 1.807) is 6.26 Å². The number of guanidine groups is 1. The van der Waals surface area contributed by atoms with Crippen LogP contribution >= 0.6 is 0 Å². The fourth-order valence-corrected chi connectivity index (χ4v) is 4.18. The van der Waals surface area contributed by atoms with Crippen LogP contribution in [0.4, 0.5) is 0 Å². The van der Waals surface area contributed by atoms with Crippen molar-refractivity contribution < 1.29 is 12.8 Å². The second-order valence-electron chi connectivity index (χ2n) is 6.63. The Balaban J connectivity index is 1.49. The van der Waals surface area contributed by atoms with Crippen LogP contribution in [0.25, 0.3) is 11.5 Å². The standard InChI is InChI=1S/C19H27N5O3S/c1-2-20-19(21-8-9-24-10-12-28(25,26)13-11-24)22-14-17-15-27-18(23-17)16-6-4-3-5-7-16/h3-7,15H,2,8-14H2,1H3,(H2,20,21,22). The number of rotatable bonds is 7. The Morgan fingerprint density at radius 3 is 2.68 bits per heavy atom. The molecule has 1 aromatic carbocycles. The highest BCUT2D eigenvalue weighted by atomic mass is 32.2. The molecule has 0 aliphatic carbocycles. The molecule has 0 bridgehead atoms. The molecule has 152 valence electrons. The summed E-state index contributed by atoms with van der Waals surface area (Å²) in [4.78, 5) is 11.2. The molecule has 1 aliphatic rings. The minimum Gasteiger partial charge on any atom is -0.444 e. The lowest BCUT2D eigenvalue weighted by Gasteiger charge is -2.26. The third-order valence-electron chi connectivity index (χ3n) is 4.47. The van der Waals surface area contributed by atoms with Crippen molar-refractivity contribution >= 4 is 15.8 Å². The van der Waals surface area contributed by atoms with Crippen LogP contribution in [0.5, 0.6) is 0 Å². The Hall–Kier alpha value is -2.39. The van der Waals surface area contributed by atoms with Crippen molar-refractivity contribution in [3.8, 4) is 11.5 Å². The lowest BCUT2D eigenvalue weighted by atomic mass is 10.2. The van der Waals surface area contributed by atoms with Gasteiger partial charge in [0.1, 0.15) is 12.0 Å². The summed E-state index contributed by atoms with van der Waals surface area (Å²) < 4.78 is 28.5. The molecule has 9 heteroatoms. The van der Waals surface area contributed by atoms with E-state index in [1.165, 1.54) is 0 Å². The van der Waals surface area contributed by atoms with Crippen LogP contribution in [0.3, 0.4) is 0 Å². The molecule has 8 nitrogen and oxygen atoms in total. The smallest absolute Gasteiger partial charge is 0.226 e. The molecule has 28 heavy (non-hydrogen) atoms. The lowest BCUT2D eigenvalue weighted by molar-refractivity contribution is 0.299. The van der Waals surface area contributed by atoms with Gasteiger partial charge in [-0.15, -0.1) is 0 Å². The van der Waals surface area contributed by atoms with Crippen molar-refractivity contribution in [2.75, 3.05) is 44.2 Å². The van der Waals surface area contributed by atoms with Gasteiger partial charge in [0.05, 0.1) is 18.1 Å². The normalized spacial score (nSPS) is 17.4. The number of benzene rings is 1. The number of aromatic nitrogens is 1. The highest BCUT2D eigenvalue weighted by Crippen LogP contribution is 2.18. The quantitative estimate of drug-likeness (QED) is 0.526. The Kier molecular flexibility index (Phi) is 7.05. The van der Waals surface area contributed by atoms with Crippen molar-refractivity contribution in [2.45, 2.75) is 13.5 Å². The van der Waals surface area contributed by atoms with Crippen molar-refractivity contribution in [2.24, 2.45) is 4.99 Å². The number of sulfone groups is 1. The minimum atomic E-state index is -2.84. The van der Waals surface area contributed by atoms with E-state index in [4.69, 9.17) is 4.42 Å². The average Bonchev–Trinajstić information content (AvgIpc) is 3.17. The molecule has 1 saturated heterocycles. The molecule has 2 heterocycles. The molecular weight excluding hydrogens is 378 g/mol. The maximum absolute atomic E-state index is 11.5. The highest BCUT2D eigenvalue weighted by molar-refractivity contribution is 7.91. The van der Waals surface area contributed by atoms with Gasteiger partial charge in [-0.25, -0.2) is 18.4 Å². The summed E-state index contributed by atoms with van der Waals surface area (Å²) in [5, 5.41) is 6.50. The van der Waals surface area contributed by atoms with Gasteiger partial charge >= 0.3 is 0 Å². The van der Waals surface area contributed by atoms with Gasteiger partial charge in [0.25, 0.3) is 0 Å². The molecule has 1 fully saturated rings. The van der Waals surface area contributed by atoms with Crippen LogP contribution in [-0.2, 0) is 16.4 Å². The number of hydrogen-bond donors (Lipinski definition) is 2. The zero-order valence-electron chi connectivity index (χ0n) is 16.1. The van der Waals surface area contributed by atoms with Crippen LogP contribution in [0.15, 0.2) is 46.0 Å². The summed E-state index contributed by atoms with van der Waals surface area (Å²) in [6, 6.07) is 9.76. The third kappa shape index (κ3) is 6.07. The van der Waals surface area contributed by atoms with Crippen LogP contribution < -0.4 is 10.6 Å². The van der Waals surface area contributed by atoms with E-state index in [0.717, 1.165) is 24.3 Å². The Morgan fingerprint density at radius 2 is 1.96 bits per heavy atom. The number of oxazole rings is 1. The molecule has 1 aliphatic heterocycles. The van der Waals surface area contributed by atoms with Crippen LogP contribution in [0, 0.1) is 0 Å². The number of aliphatic imine (C=N–C) groups is 1. The van der Waals surface area contributed by atoms with E-state index < -0.39 is 9.84 Å². The maximum Gasteiger partial charge on any atom is 0.226 e. The molecule has 1 aromatic heterocycles. The predicted octanol–water partition coefficient (Wildman–Crippen LogP) is 1.13. The first-order valence-corrected chi connectivity index (χ1v) is 11.3. The fourth-order valence-electron chi connectivity index (χ4n) is 2.90. The Bertz CT molecular complexity index is 866. The molecule has 2 N–H and O–H groups in total. The Labute approximate surface area is 166 Å². The molecule has 0 amide bonds. The molecule has 0 unspecified atom stereocenters. The summed E-state index contributed by atoms with van der Waals surface area (Å²) in [6.45, 7) is 5.84. The van der Waals surface area contributed by atoms with Crippen molar-refractivity contribution in [1.29, 1.82) is 0 Å². The first kappa shape index (κ1) is 20.3. The molecule has 3 rings (SSSR count). The van der Waals surface area contributed by atoms with Gasteiger partial charge in [-0.1, -0.05) is 18.2 Å². The molecule has 2 aromatic rings.